The average Bonchev–Trinajstić information content (AvgIpc) is 2.85. The van der Waals surface area contributed by atoms with Crippen molar-refractivity contribution in [2.24, 2.45) is 5.73 Å². The van der Waals surface area contributed by atoms with Gasteiger partial charge in [0.05, 0.1) is 6.61 Å². The number of rotatable bonds is 3. The van der Waals surface area contributed by atoms with Crippen molar-refractivity contribution < 1.29 is 9.13 Å². The van der Waals surface area contributed by atoms with Crippen molar-refractivity contribution in [2.75, 3.05) is 6.61 Å². The van der Waals surface area contributed by atoms with Crippen LogP contribution in [0.25, 0.3) is 0 Å². The van der Waals surface area contributed by atoms with Crippen molar-refractivity contribution in [1.29, 1.82) is 0 Å². The van der Waals surface area contributed by atoms with Crippen LogP contribution in [0.15, 0.2) is 48.5 Å². The predicted molar refractivity (Wildman–Crippen MR) is 72.8 cm³/mol. The van der Waals surface area contributed by atoms with Crippen LogP contribution >= 0.6 is 0 Å². The van der Waals surface area contributed by atoms with Crippen molar-refractivity contribution in [3.63, 3.8) is 0 Å². The molecular formula is C16H16FNO. The molecule has 1 aliphatic rings. The SMILES string of the molecule is NC(Cc1ccccc1F)C1COc2ccccc21. The lowest BCUT2D eigenvalue weighted by Gasteiger charge is -2.18. The second-order valence-electron chi connectivity index (χ2n) is 4.91. The maximum Gasteiger partial charge on any atom is 0.126 e. The van der Waals surface area contributed by atoms with Crippen LogP contribution in [-0.4, -0.2) is 12.6 Å². The molecule has 0 amide bonds. The largest absolute Gasteiger partial charge is 0.493 e. The summed E-state index contributed by atoms with van der Waals surface area (Å²) in [5.74, 6) is 0.845. The van der Waals surface area contributed by atoms with Crippen LogP contribution in [0.3, 0.4) is 0 Å². The van der Waals surface area contributed by atoms with Gasteiger partial charge in [0, 0.05) is 17.5 Å². The number of hydrogen-bond acceptors (Lipinski definition) is 2. The zero-order valence-corrected chi connectivity index (χ0v) is 10.6. The van der Waals surface area contributed by atoms with E-state index in [9.17, 15) is 4.39 Å². The summed E-state index contributed by atoms with van der Waals surface area (Å²) in [6.07, 6.45) is 0.523. The molecule has 2 atom stereocenters. The van der Waals surface area contributed by atoms with Crippen molar-refractivity contribution in [3.8, 4) is 5.75 Å². The smallest absolute Gasteiger partial charge is 0.126 e. The maximum atomic E-state index is 13.6. The number of para-hydroxylation sites is 1. The summed E-state index contributed by atoms with van der Waals surface area (Å²) < 4.78 is 19.3. The Bertz CT molecular complexity index is 584. The molecule has 0 aliphatic carbocycles. The summed E-state index contributed by atoms with van der Waals surface area (Å²) in [5, 5.41) is 0. The van der Waals surface area contributed by atoms with Gasteiger partial charge in [0.1, 0.15) is 11.6 Å². The Labute approximate surface area is 112 Å². The molecule has 0 saturated heterocycles. The zero-order chi connectivity index (χ0) is 13.2. The molecule has 19 heavy (non-hydrogen) atoms. The Balaban J connectivity index is 1.79. The quantitative estimate of drug-likeness (QED) is 0.917. The first-order valence-electron chi connectivity index (χ1n) is 6.46. The third kappa shape index (κ3) is 2.34. The highest BCUT2D eigenvalue weighted by atomic mass is 19.1. The molecule has 3 heteroatoms. The first-order chi connectivity index (χ1) is 9.25. The Hall–Kier alpha value is -1.87. The molecule has 0 radical (unpaired) electrons. The molecular weight excluding hydrogens is 241 g/mol. The fraction of sp³-hybridized carbons (Fsp3) is 0.250. The van der Waals surface area contributed by atoms with Crippen molar-refractivity contribution in [1.82, 2.24) is 0 Å². The van der Waals surface area contributed by atoms with Crippen LogP contribution in [0.5, 0.6) is 5.75 Å². The Morgan fingerprint density at radius 3 is 2.74 bits per heavy atom. The van der Waals surface area contributed by atoms with E-state index in [1.165, 1.54) is 6.07 Å². The van der Waals surface area contributed by atoms with E-state index in [1.807, 2.05) is 30.3 Å². The van der Waals surface area contributed by atoms with Crippen molar-refractivity contribution in [3.05, 3.63) is 65.5 Å². The molecule has 1 aliphatic heterocycles. The van der Waals surface area contributed by atoms with E-state index in [0.29, 0.717) is 18.6 Å². The lowest BCUT2D eigenvalue weighted by Crippen LogP contribution is -2.32. The van der Waals surface area contributed by atoms with E-state index in [2.05, 4.69) is 0 Å². The zero-order valence-electron chi connectivity index (χ0n) is 10.6. The van der Waals surface area contributed by atoms with E-state index >= 15 is 0 Å². The van der Waals surface area contributed by atoms with Gasteiger partial charge in [-0.1, -0.05) is 36.4 Å². The van der Waals surface area contributed by atoms with Gasteiger partial charge in [-0.15, -0.1) is 0 Å². The minimum Gasteiger partial charge on any atom is -0.493 e. The number of nitrogens with two attached hydrogens (primary N) is 1. The van der Waals surface area contributed by atoms with E-state index in [1.54, 1.807) is 12.1 Å². The second-order valence-corrected chi connectivity index (χ2v) is 4.91. The van der Waals surface area contributed by atoms with Crippen molar-refractivity contribution in [2.45, 2.75) is 18.4 Å². The van der Waals surface area contributed by atoms with Gasteiger partial charge in [0.2, 0.25) is 0 Å². The average molecular weight is 257 g/mol. The highest BCUT2D eigenvalue weighted by Gasteiger charge is 2.29. The number of ether oxygens (including phenoxy) is 1. The molecule has 2 unspecified atom stereocenters. The molecule has 2 N–H and O–H groups in total. The van der Waals surface area contributed by atoms with Crippen LogP contribution in [0.1, 0.15) is 17.0 Å². The minimum absolute atomic E-state index is 0.135. The first-order valence-corrected chi connectivity index (χ1v) is 6.46. The van der Waals surface area contributed by atoms with Crippen molar-refractivity contribution >= 4 is 0 Å². The van der Waals surface area contributed by atoms with Gasteiger partial charge < -0.3 is 10.5 Å². The van der Waals surface area contributed by atoms with Crippen LogP contribution in [0.2, 0.25) is 0 Å². The predicted octanol–water partition coefficient (Wildman–Crippen LogP) is 2.87. The molecule has 3 rings (SSSR count). The number of benzene rings is 2. The monoisotopic (exact) mass is 257 g/mol. The molecule has 2 aromatic rings. The Morgan fingerprint density at radius 2 is 1.89 bits per heavy atom. The molecule has 0 bridgehead atoms. The second kappa shape index (κ2) is 5.02. The minimum atomic E-state index is -0.190. The summed E-state index contributed by atoms with van der Waals surface area (Å²) in [5.41, 5.74) is 8.05. The van der Waals surface area contributed by atoms with Gasteiger partial charge in [0.25, 0.3) is 0 Å². The number of fused-ring (bicyclic) bond motifs is 1. The third-order valence-electron chi connectivity index (χ3n) is 3.67. The van der Waals surface area contributed by atoms with Gasteiger partial charge in [-0.3, -0.25) is 0 Å². The topological polar surface area (TPSA) is 35.2 Å². The molecule has 2 aromatic carbocycles. The van der Waals surface area contributed by atoms with E-state index < -0.39 is 0 Å². The molecule has 0 spiro atoms. The summed E-state index contributed by atoms with van der Waals surface area (Å²) >= 11 is 0. The maximum absolute atomic E-state index is 13.6. The lowest BCUT2D eigenvalue weighted by molar-refractivity contribution is 0.313. The molecule has 0 aromatic heterocycles. The van der Waals surface area contributed by atoms with E-state index in [0.717, 1.165) is 11.3 Å². The molecule has 98 valence electrons. The van der Waals surface area contributed by atoms with E-state index in [-0.39, 0.29) is 17.8 Å². The van der Waals surface area contributed by atoms with Crippen LogP contribution in [-0.2, 0) is 6.42 Å². The summed E-state index contributed by atoms with van der Waals surface area (Å²) in [4.78, 5) is 0. The molecule has 0 fully saturated rings. The molecule has 2 nitrogen and oxygen atoms in total. The summed E-state index contributed by atoms with van der Waals surface area (Å²) in [6.45, 7) is 0.578. The summed E-state index contributed by atoms with van der Waals surface area (Å²) in [7, 11) is 0. The molecule has 0 saturated carbocycles. The highest BCUT2D eigenvalue weighted by molar-refractivity contribution is 5.40. The number of hydrogen-bond donors (Lipinski definition) is 1. The van der Waals surface area contributed by atoms with Crippen LogP contribution in [0.4, 0.5) is 4.39 Å². The van der Waals surface area contributed by atoms with E-state index in [4.69, 9.17) is 10.5 Å². The van der Waals surface area contributed by atoms with Gasteiger partial charge in [-0.2, -0.15) is 0 Å². The molecule has 1 heterocycles. The van der Waals surface area contributed by atoms with Crippen LogP contribution < -0.4 is 10.5 Å². The van der Waals surface area contributed by atoms with Gasteiger partial charge in [0.15, 0.2) is 0 Å². The first kappa shape index (κ1) is 12.2. The Morgan fingerprint density at radius 1 is 1.16 bits per heavy atom. The summed E-state index contributed by atoms with van der Waals surface area (Å²) in [6, 6.07) is 14.6. The van der Waals surface area contributed by atoms with Crippen LogP contribution in [0, 0.1) is 5.82 Å². The van der Waals surface area contributed by atoms with Gasteiger partial charge >= 0.3 is 0 Å². The standard InChI is InChI=1S/C16H16FNO/c17-14-7-3-1-5-11(14)9-15(18)13-10-19-16-8-4-2-6-12(13)16/h1-8,13,15H,9-10,18H2. The normalized spacial score (nSPS) is 18.7. The Kier molecular flexibility index (Phi) is 3.22. The fourth-order valence-corrected chi connectivity index (χ4v) is 2.60. The highest BCUT2D eigenvalue weighted by Crippen LogP contribution is 2.35. The lowest BCUT2D eigenvalue weighted by atomic mass is 9.89. The van der Waals surface area contributed by atoms with Gasteiger partial charge in [-0.25, -0.2) is 4.39 Å². The van der Waals surface area contributed by atoms with Gasteiger partial charge in [-0.05, 0) is 24.1 Å². The fourth-order valence-electron chi connectivity index (χ4n) is 2.60. The number of halogens is 1. The third-order valence-corrected chi connectivity index (χ3v) is 3.67.